The summed E-state index contributed by atoms with van der Waals surface area (Å²) in [5.41, 5.74) is 5.24. The average molecular weight is 285 g/mol. The molecule has 21 heavy (non-hydrogen) atoms. The Labute approximate surface area is 128 Å². The molecule has 3 nitrogen and oxygen atoms in total. The maximum Gasteiger partial charge on any atom is 0.0665 e. The van der Waals surface area contributed by atoms with E-state index in [1.54, 1.807) is 0 Å². The van der Waals surface area contributed by atoms with Crippen molar-refractivity contribution in [2.24, 2.45) is 0 Å². The lowest BCUT2D eigenvalue weighted by Gasteiger charge is -2.21. The molecule has 2 rings (SSSR count). The molecule has 0 unspecified atom stereocenters. The summed E-state index contributed by atoms with van der Waals surface area (Å²) in [6.45, 7) is 12.6. The smallest absolute Gasteiger partial charge is 0.0665 e. The third-order valence-corrected chi connectivity index (χ3v) is 3.59. The van der Waals surface area contributed by atoms with E-state index >= 15 is 0 Å². The first-order valence-corrected chi connectivity index (χ1v) is 7.68. The van der Waals surface area contributed by atoms with E-state index in [1.807, 2.05) is 6.92 Å². The summed E-state index contributed by atoms with van der Waals surface area (Å²) in [6.07, 6.45) is 1.05. The minimum absolute atomic E-state index is 0.171. The van der Waals surface area contributed by atoms with Gasteiger partial charge in [0.05, 0.1) is 12.2 Å². The molecule has 0 spiro atoms. The monoisotopic (exact) mass is 285 g/mol. The van der Waals surface area contributed by atoms with E-state index in [0.717, 1.165) is 25.2 Å². The molecule has 1 N–H and O–H groups in total. The van der Waals surface area contributed by atoms with Crippen LogP contribution in [0, 0.1) is 13.8 Å². The minimum Gasteiger partial charge on any atom is -0.312 e. The zero-order chi connectivity index (χ0) is 15.5. The van der Waals surface area contributed by atoms with Crippen LogP contribution in [-0.2, 0) is 13.0 Å². The molecule has 0 aliphatic carbocycles. The molecule has 1 aromatic heterocycles. The Hall–Kier alpha value is -1.61. The topological polar surface area (TPSA) is 29.9 Å². The summed E-state index contributed by atoms with van der Waals surface area (Å²) in [6, 6.07) is 10.8. The molecule has 0 aliphatic heterocycles. The quantitative estimate of drug-likeness (QED) is 0.911. The van der Waals surface area contributed by atoms with Crippen molar-refractivity contribution in [3.05, 3.63) is 52.8 Å². The van der Waals surface area contributed by atoms with Gasteiger partial charge in [0.15, 0.2) is 0 Å². The zero-order valence-corrected chi connectivity index (χ0v) is 13.9. The number of nitrogens with one attached hydrogen (secondary N) is 1. The van der Waals surface area contributed by atoms with Crippen molar-refractivity contribution < 1.29 is 0 Å². The predicted octanol–water partition coefficient (Wildman–Crippen LogP) is 3.48. The van der Waals surface area contributed by atoms with Gasteiger partial charge >= 0.3 is 0 Å². The third kappa shape index (κ3) is 4.71. The summed E-state index contributed by atoms with van der Waals surface area (Å²) in [7, 11) is 0. The third-order valence-electron chi connectivity index (χ3n) is 3.59. The average Bonchev–Trinajstić information content (AvgIpc) is 2.68. The van der Waals surface area contributed by atoms with Gasteiger partial charge in [-0.2, -0.15) is 5.10 Å². The van der Waals surface area contributed by atoms with Crippen molar-refractivity contribution in [1.82, 2.24) is 15.1 Å². The van der Waals surface area contributed by atoms with Crippen molar-refractivity contribution in [2.75, 3.05) is 6.54 Å². The molecule has 0 saturated carbocycles. The molecular weight excluding hydrogens is 258 g/mol. The zero-order valence-electron chi connectivity index (χ0n) is 13.9. The molecule has 0 atom stereocenters. The fourth-order valence-corrected chi connectivity index (χ4v) is 2.52. The van der Waals surface area contributed by atoms with E-state index in [0.29, 0.717) is 0 Å². The number of hydrogen-bond acceptors (Lipinski definition) is 2. The summed E-state index contributed by atoms with van der Waals surface area (Å²) >= 11 is 0. The molecule has 0 saturated heterocycles. The van der Waals surface area contributed by atoms with E-state index < -0.39 is 0 Å². The number of aryl methyl sites for hydroxylation is 2. The maximum atomic E-state index is 4.57. The summed E-state index contributed by atoms with van der Waals surface area (Å²) in [4.78, 5) is 0. The fourth-order valence-electron chi connectivity index (χ4n) is 2.52. The molecule has 2 aromatic rings. The number of aromatic nitrogens is 2. The molecule has 0 radical (unpaired) electrons. The summed E-state index contributed by atoms with van der Waals surface area (Å²) in [5.74, 6) is 0. The first-order chi connectivity index (χ1) is 9.85. The second kappa shape index (κ2) is 6.44. The van der Waals surface area contributed by atoms with Crippen LogP contribution < -0.4 is 5.32 Å². The largest absolute Gasteiger partial charge is 0.312 e. The first kappa shape index (κ1) is 15.8. The second-order valence-corrected chi connectivity index (χ2v) is 6.78. The molecule has 1 heterocycles. The predicted molar refractivity (Wildman–Crippen MR) is 88.7 cm³/mol. The fraction of sp³-hybridized carbons (Fsp3) is 0.500. The molecule has 0 aliphatic rings. The van der Waals surface area contributed by atoms with Gasteiger partial charge < -0.3 is 5.32 Å². The van der Waals surface area contributed by atoms with Crippen LogP contribution in [-0.4, -0.2) is 21.9 Å². The Morgan fingerprint density at radius 1 is 1.10 bits per heavy atom. The van der Waals surface area contributed by atoms with Crippen LogP contribution in [0.25, 0.3) is 0 Å². The van der Waals surface area contributed by atoms with E-state index in [-0.39, 0.29) is 5.54 Å². The lowest BCUT2D eigenvalue weighted by Crippen LogP contribution is -2.37. The van der Waals surface area contributed by atoms with Crippen molar-refractivity contribution in [3.8, 4) is 0 Å². The lowest BCUT2D eigenvalue weighted by molar-refractivity contribution is 0.429. The van der Waals surface area contributed by atoms with Crippen molar-refractivity contribution in [3.63, 3.8) is 0 Å². The lowest BCUT2D eigenvalue weighted by atomic mass is 10.0. The Morgan fingerprint density at radius 3 is 2.33 bits per heavy atom. The highest BCUT2D eigenvalue weighted by molar-refractivity contribution is 5.28. The highest BCUT2D eigenvalue weighted by atomic mass is 15.3. The van der Waals surface area contributed by atoms with Crippen LogP contribution in [0.2, 0.25) is 0 Å². The van der Waals surface area contributed by atoms with Gasteiger partial charge in [-0.3, -0.25) is 4.68 Å². The molecule has 0 amide bonds. The summed E-state index contributed by atoms with van der Waals surface area (Å²) < 4.78 is 2.09. The van der Waals surface area contributed by atoms with E-state index in [4.69, 9.17) is 0 Å². The molecular formula is C18H27N3. The van der Waals surface area contributed by atoms with Gasteiger partial charge in [0.2, 0.25) is 0 Å². The highest BCUT2D eigenvalue weighted by Gasteiger charge is 2.10. The normalized spacial score (nSPS) is 11.9. The molecule has 1 aromatic carbocycles. The second-order valence-electron chi connectivity index (χ2n) is 6.78. The van der Waals surface area contributed by atoms with Crippen LogP contribution >= 0.6 is 0 Å². The minimum atomic E-state index is 0.171. The number of nitrogens with zero attached hydrogens (tertiary/aromatic N) is 2. The van der Waals surface area contributed by atoms with Crippen LogP contribution in [0.3, 0.4) is 0 Å². The van der Waals surface area contributed by atoms with Crippen LogP contribution in [0.5, 0.6) is 0 Å². The highest BCUT2D eigenvalue weighted by Crippen LogP contribution is 2.13. The van der Waals surface area contributed by atoms with Crippen LogP contribution in [0.1, 0.15) is 43.3 Å². The van der Waals surface area contributed by atoms with Gasteiger partial charge in [0, 0.05) is 11.2 Å². The van der Waals surface area contributed by atoms with Crippen LogP contribution in [0.15, 0.2) is 30.3 Å². The van der Waals surface area contributed by atoms with Gasteiger partial charge in [-0.1, -0.05) is 24.3 Å². The van der Waals surface area contributed by atoms with Gasteiger partial charge in [-0.25, -0.2) is 0 Å². The molecule has 0 fully saturated rings. The SMILES string of the molecule is Cc1cc(C)n(Cc2ccccc2CCNC(C)(C)C)n1. The van der Waals surface area contributed by atoms with Crippen molar-refractivity contribution in [2.45, 2.75) is 53.1 Å². The standard InChI is InChI=1S/C18H27N3/c1-14-12-15(2)21(20-14)13-17-9-7-6-8-16(17)10-11-19-18(3,4)5/h6-9,12,19H,10-11,13H2,1-5H3. The first-order valence-electron chi connectivity index (χ1n) is 7.68. The molecule has 3 heteroatoms. The Kier molecular flexibility index (Phi) is 4.84. The van der Waals surface area contributed by atoms with Gasteiger partial charge in [-0.15, -0.1) is 0 Å². The molecule has 0 bridgehead atoms. The van der Waals surface area contributed by atoms with Gasteiger partial charge in [-0.05, 0) is 64.8 Å². The van der Waals surface area contributed by atoms with Crippen molar-refractivity contribution in [1.29, 1.82) is 0 Å². The Bertz CT molecular complexity index is 591. The Morgan fingerprint density at radius 2 is 1.76 bits per heavy atom. The van der Waals surface area contributed by atoms with Crippen molar-refractivity contribution >= 4 is 0 Å². The van der Waals surface area contributed by atoms with Gasteiger partial charge in [0.1, 0.15) is 0 Å². The summed E-state index contributed by atoms with van der Waals surface area (Å²) in [5, 5.41) is 8.12. The van der Waals surface area contributed by atoms with Crippen LogP contribution in [0.4, 0.5) is 0 Å². The van der Waals surface area contributed by atoms with Gasteiger partial charge in [0.25, 0.3) is 0 Å². The number of benzene rings is 1. The van der Waals surface area contributed by atoms with E-state index in [9.17, 15) is 0 Å². The number of rotatable bonds is 5. The van der Waals surface area contributed by atoms with E-state index in [1.165, 1.54) is 16.8 Å². The number of hydrogen-bond donors (Lipinski definition) is 1. The van der Waals surface area contributed by atoms with E-state index in [2.05, 4.69) is 73.1 Å². The Balaban J connectivity index is 2.08. The molecule has 114 valence electrons. The maximum absolute atomic E-state index is 4.57.